The Hall–Kier alpha value is -2.10. The number of nitrogens with one attached hydrogen (secondary N) is 1. The summed E-state index contributed by atoms with van der Waals surface area (Å²) in [5, 5.41) is 3.30. The van der Waals surface area contributed by atoms with Crippen molar-refractivity contribution in [2.45, 2.75) is 33.9 Å². The first kappa shape index (κ1) is 15.3. The van der Waals surface area contributed by atoms with Crippen molar-refractivity contribution < 1.29 is 13.5 Å². The predicted molar refractivity (Wildman–Crippen MR) is 81.1 cm³/mol. The third-order valence-electron chi connectivity index (χ3n) is 3.39. The Labute approximate surface area is 123 Å². The number of halogens is 2. The van der Waals surface area contributed by atoms with E-state index in [1.807, 2.05) is 0 Å². The van der Waals surface area contributed by atoms with Crippen LogP contribution in [0.2, 0.25) is 0 Å². The van der Waals surface area contributed by atoms with E-state index in [0.717, 1.165) is 5.69 Å². The van der Waals surface area contributed by atoms with E-state index < -0.39 is 6.61 Å². The van der Waals surface area contributed by atoms with Crippen LogP contribution in [0.5, 0.6) is 5.75 Å². The van der Waals surface area contributed by atoms with E-state index >= 15 is 0 Å². The van der Waals surface area contributed by atoms with Gasteiger partial charge < -0.3 is 10.1 Å². The molecule has 2 nitrogen and oxygen atoms in total. The fourth-order valence-electron chi connectivity index (χ4n) is 2.43. The number of hydrogen-bond donors (Lipinski definition) is 1. The minimum atomic E-state index is -2.79. The Morgan fingerprint density at radius 2 is 1.57 bits per heavy atom. The van der Waals surface area contributed by atoms with E-state index in [1.54, 1.807) is 12.1 Å². The molecule has 2 aromatic carbocycles. The van der Waals surface area contributed by atoms with Gasteiger partial charge >= 0.3 is 6.61 Å². The summed E-state index contributed by atoms with van der Waals surface area (Å²) in [7, 11) is 0. The van der Waals surface area contributed by atoms with Crippen molar-refractivity contribution in [1.29, 1.82) is 0 Å². The molecular weight excluding hydrogens is 272 g/mol. The second kappa shape index (κ2) is 6.57. The van der Waals surface area contributed by atoms with E-state index in [-0.39, 0.29) is 5.75 Å². The molecule has 0 saturated heterocycles. The van der Waals surface area contributed by atoms with E-state index in [9.17, 15) is 8.78 Å². The quantitative estimate of drug-likeness (QED) is 0.852. The van der Waals surface area contributed by atoms with Crippen molar-refractivity contribution >= 4 is 5.69 Å². The summed E-state index contributed by atoms with van der Waals surface area (Å²) in [5.41, 5.74) is 5.88. The fourth-order valence-corrected chi connectivity index (χ4v) is 2.43. The van der Waals surface area contributed by atoms with Gasteiger partial charge in [-0.1, -0.05) is 17.7 Å². The maximum absolute atomic E-state index is 12.1. The van der Waals surface area contributed by atoms with Crippen molar-refractivity contribution in [3.8, 4) is 5.75 Å². The standard InChI is InChI=1S/C17H19F2NO/c1-11-8-12(2)16(13(3)9-11)10-20-14-4-6-15(7-5-14)21-17(18)19/h4-9,17,20H,10H2,1-3H3. The minimum absolute atomic E-state index is 0.165. The molecular formula is C17H19F2NO. The number of alkyl halides is 2. The number of hydrogen-bond acceptors (Lipinski definition) is 2. The highest BCUT2D eigenvalue weighted by Gasteiger charge is 2.05. The zero-order chi connectivity index (χ0) is 15.4. The van der Waals surface area contributed by atoms with Crippen LogP contribution in [0.15, 0.2) is 36.4 Å². The Morgan fingerprint density at radius 1 is 1.00 bits per heavy atom. The molecule has 0 aliphatic rings. The lowest BCUT2D eigenvalue weighted by molar-refractivity contribution is -0.0498. The number of benzene rings is 2. The number of ether oxygens (including phenoxy) is 1. The molecule has 2 rings (SSSR count). The maximum atomic E-state index is 12.1. The van der Waals surface area contributed by atoms with Gasteiger partial charge in [-0.25, -0.2) is 0 Å². The molecule has 0 radical (unpaired) electrons. The number of anilines is 1. The second-order valence-electron chi connectivity index (χ2n) is 5.13. The SMILES string of the molecule is Cc1cc(C)c(CNc2ccc(OC(F)F)cc2)c(C)c1. The third-order valence-corrected chi connectivity index (χ3v) is 3.39. The number of aryl methyl sites for hydroxylation is 3. The highest BCUT2D eigenvalue weighted by molar-refractivity contribution is 5.48. The van der Waals surface area contributed by atoms with Gasteiger partial charge in [-0.15, -0.1) is 0 Å². The van der Waals surface area contributed by atoms with Crippen LogP contribution in [0.1, 0.15) is 22.3 Å². The summed E-state index contributed by atoms with van der Waals surface area (Å²) >= 11 is 0. The van der Waals surface area contributed by atoms with Gasteiger partial charge in [0, 0.05) is 12.2 Å². The summed E-state index contributed by atoms with van der Waals surface area (Å²) in [6.45, 7) is 4.18. The molecule has 0 unspecified atom stereocenters. The monoisotopic (exact) mass is 291 g/mol. The van der Waals surface area contributed by atoms with E-state index in [0.29, 0.717) is 6.54 Å². The zero-order valence-electron chi connectivity index (χ0n) is 12.4. The van der Waals surface area contributed by atoms with Gasteiger partial charge in [-0.3, -0.25) is 0 Å². The molecule has 0 amide bonds. The van der Waals surface area contributed by atoms with Gasteiger partial charge in [0.25, 0.3) is 0 Å². The van der Waals surface area contributed by atoms with Gasteiger partial charge in [-0.05, 0) is 61.7 Å². The Balaban J connectivity index is 2.03. The van der Waals surface area contributed by atoms with Crippen LogP contribution >= 0.6 is 0 Å². The molecule has 0 heterocycles. The lowest BCUT2D eigenvalue weighted by atomic mass is 10.00. The predicted octanol–water partition coefficient (Wildman–Crippen LogP) is 4.83. The largest absolute Gasteiger partial charge is 0.435 e. The average Bonchev–Trinajstić information content (AvgIpc) is 2.38. The van der Waals surface area contributed by atoms with Crippen molar-refractivity contribution in [2.75, 3.05) is 5.32 Å². The number of rotatable bonds is 5. The Bertz CT molecular complexity index is 586. The molecule has 112 valence electrons. The lowest BCUT2D eigenvalue weighted by Crippen LogP contribution is -2.05. The Morgan fingerprint density at radius 3 is 2.10 bits per heavy atom. The molecule has 0 aliphatic carbocycles. The summed E-state index contributed by atoms with van der Waals surface area (Å²) in [5.74, 6) is 0.165. The van der Waals surface area contributed by atoms with Gasteiger partial charge in [0.1, 0.15) is 5.75 Å². The van der Waals surface area contributed by atoms with Crippen molar-refractivity contribution in [3.63, 3.8) is 0 Å². The minimum Gasteiger partial charge on any atom is -0.435 e. The lowest BCUT2D eigenvalue weighted by Gasteiger charge is -2.13. The van der Waals surface area contributed by atoms with Crippen molar-refractivity contribution in [3.05, 3.63) is 58.7 Å². The topological polar surface area (TPSA) is 21.3 Å². The summed E-state index contributed by atoms with van der Waals surface area (Å²) in [4.78, 5) is 0. The first-order valence-corrected chi connectivity index (χ1v) is 6.81. The van der Waals surface area contributed by atoms with Crippen LogP contribution in [0.25, 0.3) is 0 Å². The molecule has 21 heavy (non-hydrogen) atoms. The van der Waals surface area contributed by atoms with Gasteiger partial charge in [-0.2, -0.15) is 8.78 Å². The van der Waals surface area contributed by atoms with Crippen LogP contribution in [0.3, 0.4) is 0 Å². The third kappa shape index (κ3) is 4.18. The molecule has 0 aromatic heterocycles. The summed E-state index contributed by atoms with van der Waals surface area (Å²) in [6.07, 6.45) is 0. The fraction of sp³-hybridized carbons (Fsp3) is 0.294. The van der Waals surface area contributed by atoms with E-state index in [1.165, 1.54) is 34.4 Å². The van der Waals surface area contributed by atoms with Gasteiger partial charge in [0.15, 0.2) is 0 Å². The summed E-state index contributed by atoms with van der Waals surface area (Å²) < 4.78 is 28.5. The van der Waals surface area contributed by atoms with Crippen molar-refractivity contribution in [1.82, 2.24) is 0 Å². The van der Waals surface area contributed by atoms with Crippen LogP contribution < -0.4 is 10.1 Å². The highest BCUT2D eigenvalue weighted by Crippen LogP contribution is 2.20. The Kier molecular flexibility index (Phi) is 4.78. The summed E-state index contributed by atoms with van der Waals surface area (Å²) in [6, 6.07) is 10.8. The molecule has 0 saturated carbocycles. The molecule has 0 bridgehead atoms. The molecule has 0 atom stereocenters. The van der Waals surface area contributed by atoms with E-state index in [2.05, 4.69) is 43.0 Å². The highest BCUT2D eigenvalue weighted by atomic mass is 19.3. The smallest absolute Gasteiger partial charge is 0.387 e. The molecule has 0 spiro atoms. The van der Waals surface area contributed by atoms with Crippen molar-refractivity contribution in [2.24, 2.45) is 0 Å². The molecule has 4 heteroatoms. The molecule has 2 aromatic rings. The van der Waals surface area contributed by atoms with Crippen LogP contribution in [-0.2, 0) is 6.54 Å². The first-order chi connectivity index (χ1) is 9.95. The molecule has 0 fully saturated rings. The van der Waals surface area contributed by atoms with Gasteiger partial charge in [0.05, 0.1) is 0 Å². The molecule has 1 N–H and O–H groups in total. The molecule has 0 aliphatic heterocycles. The maximum Gasteiger partial charge on any atom is 0.387 e. The average molecular weight is 291 g/mol. The van der Waals surface area contributed by atoms with Gasteiger partial charge in [0.2, 0.25) is 0 Å². The first-order valence-electron chi connectivity index (χ1n) is 6.81. The van der Waals surface area contributed by atoms with Crippen LogP contribution in [-0.4, -0.2) is 6.61 Å². The zero-order valence-corrected chi connectivity index (χ0v) is 12.4. The normalized spacial score (nSPS) is 10.8. The van der Waals surface area contributed by atoms with E-state index in [4.69, 9.17) is 0 Å². The van der Waals surface area contributed by atoms with Crippen LogP contribution in [0, 0.1) is 20.8 Å². The second-order valence-corrected chi connectivity index (χ2v) is 5.13. The van der Waals surface area contributed by atoms with Crippen LogP contribution in [0.4, 0.5) is 14.5 Å².